The molecule has 2 fully saturated rings. The summed E-state index contributed by atoms with van der Waals surface area (Å²) in [4.78, 5) is 14.9. The van der Waals surface area contributed by atoms with E-state index in [2.05, 4.69) is 30.1 Å². The second-order valence-electron chi connectivity index (χ2n) is 7.74. The predicted octanol–water partition coefficient (Wildman–Crippen LogP) is 2.67. The Hall–Kier alpha value is -2.85. The van der Waals surface area contributed by atoms with Gasteiger partial charge in [0.25, 0.3) is 0 Å². The molecule has 0 radical (unpaired) electrons. The molecule has 1 N–H and O–H groups in total. The van der Waals surface area contributed by atoms with Gasteiger partial charge in [-0.1, -0.05) is 30.0 Å². The lowest BCUT2D eigenvalue weighted by Gasteiger charge is -2.27. The zero-order valence-corrected chi connectivity index (χ0v) is 18.2. The molecule has 9 nitrogen and oxygen atoms in total. The summed E-state index contributed by atoms with van der Waals surface area (Å²) in [6.07, 6.45) is 2.26. The number of thioether (sulfide) groups is 1. The van der Waals surface area contributed by atoms with Crippen LogP contribution >= 0.6 is 11.8 Å². The first-order valence-electron chi connectivity index (χ1n) is 10.5. The zero-order chi connectivity index (χ0) is 21.2. The van der Waals surface area contributed by atoms with Crippen molar-refractivity contribution < 1.29 is 9.53 Å². The van der Waals surface area contributed by atoms with Gasteiger partial charge in [0.05, 0.1) is 30.3 Å². The molecular weight excluding hydrogens is 414 g/mol. The molecule has 3 aromatic rings. The average Bonchev–Trinajstić information content (AvgIpc) is 3.44. The van der Waals surface area contributed by atoms with Gasteiger partial charge in [-0.05, 0) is 31.9 Å². The maximum Gasteiger partial charge on any atom is 0.236 e. The quantitative estimate of drug-likeness (QED) is 0.566. The molecular formula is C21H25N7O2S. The van der Waals surface area contributed by atoms with Gasteiger partial charge in [-0.25, -0.2) is 4.68 Å². The maximum atomic E-state index is 12.7. The van der Waals surface area contributed by atoms with Crippen LogP contribution in [0.25, 0.3) is 5.69 Å². The molecule has 1 saturated heterocycles. The summed E-state index contributed by atoms with van der Waals surface area (Å²) in [7, 11) is 0. The molecule has 0 atom stereocenters. The smallest absolute Gasteiger partial charge is 0.236 e. The number of para-hydroxylation sites is 1. The fourth-order valence-corrected chi connectivity index (χ4v) is 4.46. The predicted molar refractivity (Wildman–Crippen MR) is 119 cm³/mol. The summed E-state index contributed by atoms with van der Waals surface area (Å²) < 4.78 is 9.41. The van der Waals surface area contributed by atoms with Gasteiger partial charge in [-0.15, -0.1) is 10.2 Å². The number of aromatic nitrogens is 5. The number of carbonyl (C=O) groups is 1. The van der Waals surface area contributed by atoms with Gasteiger partial charge >= 0.3 is 0 Å². The third-order valence-corrected chi connectivity index (χ3v) is 6.23. The van der Waals surface area contributed by atoms with E-state index in [-0.39, 0.29) is 11.7 Å². The van der Waals surface area contributed by atoms with Crippen molar-refractivity contribution in [3.8, 4) is 5.69 Å². The van der Waals surface area contributed by atoms with Crippen LogP contribution in [-0.2, 0) is 9.53 Å². The van der Waals surface area contributed by atoms with Crippen molar-refractivity contribution in [2.45, 2.75) is 31.0 Å². The van der Waals surface area contributed by atoms with Crippen molar-refractivity contribution in [3.05, 3.63) is 42.1 Å². The molecule has 1 amide bonds. The van der Waals surface area contributed by atoms with E-state index in [4.69, 9.17) is 4.74 Å². The van der Waals surface area contributed by atoms with E-state index in [0.29, 0.717) is 25.1 Å². The van der Waals surface area contributed by atoms with E-state index >= 15 is 0 Å². The van der Waals surface area contributed by atoms with E-state index in [0.717, 1.165) is 48.4 Å². The van der Waals surface area contributed by atoms with Crippen LogP contribution in [0.4, 0.5) is 11.8 Å². The largest absolute Gasteiger partial charge is 0.378 e. The number of ether oxygens (including phenoxy) is 1. The number of aryl methyl sites for hydroxylation is 1. The lowest BCUT2D eigenvalue weighted by molar-refractivity contribution is -0.113. The third kappa shape index (κ3) is 4.45. The number of hydrogen-bond acceptors (Lipinski definition) is 7. The van der Waals surface area contributed by atoms with Crippen molar-refractivity contribution >= 4 is 29.4 Å². The first-order chi connectivity index (χ1) is 15.2. The standard InChI is InChI=1S/C21H25N7O2S/c1-15-13-18(28(25-15)17-5-3-2-4-6-17)22-19(29)14-31-21-24-23-20(27(21)16-7-8-16)26-9-11-30-12-10-26/h2-6,13,16H,7-12,14H2,1H3,(H,22,29). The number of benzene rings is 1. The summed E-state index contributed by atoms with van der Waals surface area (Å²) in [5.41, 5.74) is 1.75. The highest BCUT2D eigenvalue weighted by molar-refractivity contribution is 7.99. The van der Waals surface area contributed by atoms with Crippen molar-refractivity contribution in [1.29, 1.82) is 0 Å². The second kappa shape index (κ2) is 8.72. The van der Waals surface area contributed by atoms with Crippen LogP contribution in [0.5, 0.6) is 0 Å². The summed E-state index contributed by atoms with van der Waals surface area (Å²) in [5.74, 6) is 1.71. The fourth-order valence-electron chi connectivity index (χ4n) is 3.66. The summed E-state index contributed by atoms with van der Waals surface area (Å²) in [6, 6.07) is 12.1. The highest BCUT2D eigenvalue weighted by atomic mass is 32.2. The number of anilines is 2. The van der Waals surface area contributed by atoms with Gasteiger partial charge in [0, 0.05) is 25.2 Å². The summed E-state index contributed by atoms with van der Waals surface area (Å²) in [5, 5.41) is 17.1. The number of amides is 1. The Morgan fingerprint density at radius 2 is 1.97 bits per heavy atom. The van der Waals surface area contributed by atoms with Crippen LogP contribution in [0.1, 0.15) is 24.6 Å². The van der Waals surface area contributed by atoms with Gasteiger partial charge in [-0.3, -0.25) is 9.36 Å². The van der Waals surface area contributed by atoms with Crippen LogP contribution in [0.15, 0.2) is 41.6 Å². The second-order valence-corrected chi connectivity index (χ2v) is 8.68. The molecule has 10 heteroatoms. The maximum absolute atomic E-state index is 12.7. The zero-order valence-electron chi connectivity index (χ0n) is 17.4. The van der Waals surface area contributed by atoms with Crippen LogP contribution in [0.2, 0.25) is 0 Å². The molecule has 0 unspecified atom stereocenters. The normalized spacial score (nSPS) is 16.5. The molecule has 31 heavy (non-hydrogen) atoms. The summed E-state index contributed by atoms with van der Waals surface area (Å²) in [6.45, 7) is 4.96. The molecule has 3 heterocycles. The highest BCUT2D eigenvalue weighted by Gasteiger charge is 2.32. The Kier molecular flexibility index (Phi) is 5.65. The Morgan fingerprint density at radius 3 is 2.71 bits per heavy atom. The van der Waals surface area contributed by atoms with Crippen molar-refractivity contribution in [3.63, 3.8) is 0 Å². The number of rotatable bonds is 7. The molecule has 1 aromatic carbocycles. The lowest BCUT2D eigenvalue weighted by Crippen LogP contribution is -2.38. The minimum atomic E-state index is -0.0969. The van der Waals surface area contributed by atoms with Gasteiger partial charge in [-0.2, -0.15) is 5.10 Å². The molecule has 5 rings (SSSR count). The minimum absolute atomic E-state index is 0.0969. The van der Waals surface area contributed by atoms with E-state index in [1.54, 1.807) is 4.68 Å². The third-order valence-electron chi connectivity index (χ3n) is 5.28. The number of hydrogen-bond donors (Lipinski definition) is 1. The minimum Gasteiger partial charge on any atom is -0.378 e. The molecule has 0 bridgehead atoms. The Morgan fingerprint density at radius 1 is 1.19 bits per heavy atom. The van der Waals surface area contributed by atoms with Crippen LogP contribution in [0.3, 0.4) is 0 Å². The van der Waals surface area contributed by atoms with Crippen molar-refractivity contribution in [2.24, 2.45) is 0 Å². The van der Waals surface area contributed by atoms with Gasteiger partial charge in [0.2, 0.25) is 11.9 Å². The molecule has 1 aliphatic carbocycles. The molecule has 162 valence electrons. The first kappa shape index (κ1) is 20.1. The number of carbonyl (C=O) groups excluding carboxylic acids is 1. The van der Waals surface area contributed by atoms with Crippen LogP contribution < -0.4 is 10.2 Å². The topological polar surface area (TPSA) is 90.1 Å². The molecule has 2 aromatic heterocycles. The number of nitrogens with one attached hydrogen (secondary N) is 1. The molecule has 1 aliphatic heterocycles. The summed E-state index contributed by atoms with van der Waals surface area (Å²) >= 11 is 1.43. The van der Waals surface area contributed by atoms with Crippen LogP contribution in [0, 0.1) is 6.92 Å². The van der Waals surface area contributed by atoms with Crippen molar-refractivity contribution in [1.82, 2.24) is 24.5 Å². The first-order valence-corrected chi connectivity index (χ1v) is 11.5. The van der Waals surface area contributed by atoms with Crippen molar-refractivity contribution in [2.75, 3.05) is 42.3 Å². The highest BCUT2D eigenvalue weighted by Crippen LogP contribution is 2.41. The lowest BCUT2D eigenvalue weighted by atomic mass is 10.3. The van der Waals surface area contributed by atoms with Gasteiger partial charge in [0.1, 0.15) is 5.82 Å². The van der Waals surface area contributed by atoms with Crippen LogP contribution in [-0.4, -0.2) is 62.5 Å². The van der Waals surface area contributed by atoms with E-state index < -0.39 is 0 Å². The Balaban J connectivity index is 1.27. The SMILES string of the molecule is Cc1cc(NC(=O)CSc2nnc(N3CCOCC3)n2C2CC2)n(-c2ccccc2)n1. The molecule has 2 aliphatic rings. The Bertz CT molecular complexity index is 1060. The average molecular weight is 440 g/mol. The fraction of sp³-hybridized carbons (Fsp3) is 0.429. The van der Waals surface area contributed by atoms with E-state index in [1.807, 2.05) is 43.3 Å². The number of morpholine rings is 1. The monoisotopic (exact) mass is 439 g/mol. The van der Waals surface area contributed by atoms with Gasteiger partial charge in [0.15, 0.2) is 5.16 Å². The Labute approximate surface area is 184 Å². The van der Waals surface area contributed by atoms with Gasteiger partial charge < -0.3 is 15.0 Å². The number of nitrogens with zero attached hydrogens (tertiary/aromatic N) is 6. The molecule has 0 spiro atoms. The van der Waals surface area contributed by atoms with E-state index in [9.17, 15) is 4.79 Å². The molecule has 1 saturated carbocycles. The van der Waals surface area contributed by atoms with E-state index in [1.165, 1.54) is 11.8 Å².